The van der Waals surface area contributed by atoms with Gasteiger partial charge in [0, 0.05) is 31.9 Å². The average molecular weight is 496 g/mol. The first-order valence-corrected chi connectivity index (χ1v) is 10.7. The predicted octanol–water partition coefficient (Wildman–Crippen LogP) is 1.20. The lowest BCUT2D eigenvalue weighted by Gasteiger charge is -2.45. The minimum atomic E-state index is -2.29. The van der Waals surface area contributed by atoms with Gasteiger partial charge in [-0.1, -0.05) is 12.1 Å². The van der Waals surface area contributed by atoms with Gasteiger partial charge >= 0.3 is 17.9 Å². The van der Waals surface area contributed by atoms with Gasteiger partial charge in [0.15, 0.2) is 30.3 Å². The molecule has 0 saturated heterocycles. The maximum absolute atomic E-state index is 13.7. The van der Waals surface area contributed by atoms with Gasteiger partial charge in [-0.2, -0.15) is 5.26 Å². The summed E-state index contributed by atoms with van der Waals surface area (Å²) >= 11 is 0. The van der Waals surface area contributed by atoms with Crippen LogP contribution in [0.2, 0.25) is 0 Å². The van der Waals surface area contributed by atoms with E-state index >= 15 is 0 Å². The zero-order valence-corrected chi connectivity index (χ0v) is 19.5. The molecule has 4 atom stereocenters. The molecule has 1 aromatic heterocycles. The lowest BCUT2D eigenvalue weighted by Crippen LogP contribution is -2.55. The second kappa shape index (κ2) is 8.31. The Morgan fingerprint density at radius 1 is 1.00 bits per heavy atom. The Labute approximate surface area is 203 Å². The van der Waals surface area contributed by atoms with Crippen LogP contribution in [0.15, 0.2) is 18.2 Å². The highest BCUT2D eigenvalue weighted by atomic mass is 16.6. The summed E-state index contributed by atoms with van der Waals surface area (Å²) in [5.74, 6) is -4.90. The Hall–Kier alpha value is -4.50. The van der Waals surface area contributed by atoms with Crippen LogP contribution in [0.25, 0.3) is 0 Å². The van der Waals surface area contributed by atoms with E-state index in [4.69, 9.17) is 14.2 Å². The molecule has 0 radical (unpaired) electrons. The molecule has 12 heteroatoms. The summed E-state index contributed by atoms with van der Waals surface area (Å²) in [6, 6.07) is 3.83. The van der Waals surface area contributed by atoms with Crippen LogP contribution in [-0.2, 0) is 28.6 Å². The third-order valence-corrected chi connectivity index (χ3v) is 6.09. The summed E-state index contributed by atoms with van der Waals surface area (Å²) in [7, 11) is 0. The van der Waals surface area contributed by atoms with E-state index < -0.39 is 64.8 Å². The van der Waals surface area contributed by atoms with Crippen LogP contribution in [0.5, 0.6) is 5.75 Å². The van der Waals surface area contributed by atoms with Crippen molar-refractivity contribution >= 4 is 29.5 Å². The molecule has 0 fully saturated rings. The number of hydrogen-bond donors (Lipinski definition) is 2. The molecule has 4 rings (SSSR count). The lowest BCUT2D eigenvalue weighted by molar-refractivity contribution is -0.221. The molecule has 186 valence electrons. The van der Waals surface area contributed by atoms with Gasteiger partial charge in [0.2, 0.25) is 5.78 Å². The maximum atomic E-state index is 13.7. The molecular formula is C24H20N2O10. The number of aromatic nitrogens is 1. The van der Waals surface area contributed by atoms with Crippen molar-refractivity contribution in [2.45, 2.75) is 51.6 Å². The van der Waals surface area contributed by atoms with Crippen molar-refractivity contribution in [2.75, 3.05) is 0 Å². The van der Waals surface area contributed by atoms with Gasteiger partial charge in [-0.3, -0.25) is 24.0 Å². The van der Waals surface area contributed by atoms with Gasteiger partial charge in [-0.15, -0.1) is 0 Å². The van der Waals surface area contributed by atoms with Gasteiger partial charge < -0.3 is 24.4 Å². The van der Waals surface area contributed by atoms with Crippen LogP contribution < -0.4 is 0 Å². The number of aliphatic hydroxyl groups is 1. The molecule has 2 aliphatic carbocycles. The zero-order valence-electron chi connectivity index (χ0n) is 19.5. The highest BCUT2D eigenvalue weighted by molar-refractivity contribution is 6.29. The Bertz CT molecular complexity index is 1410. The first-order valence-electron chi connectivity index (χ1n) is 10.7. The molecule has 2 aromatic rings. The van der Waals surface area contributed by atoms with Crippen molar-refractivity contribution in [3.8, 4) is 11.9 Å². The van der Waals surface area contributed by atoms with Crippen molar-refractivity contribution < 1.29 is 48.4 Å². The molecule has 0 unspecified atom stereocenters. The number of carbonyl (C=O) groups excluding carboxylic acids is 5. The quantitative estimate of drug-likeness (QED) is 0.392. The predicted molar refractivity (Wildman–Crippen MR) is 116 cm³/mol. The largest absolute Gasteiger partial charge is 0.507 e. The molecule has 0 saturated carbocycles. The minimum Gasteiger partial charge on any atom is -0.507 e. The Morgan fingerprint density at radius 2 is 1.61 bits per heavy atom. The summed E-state index contributed by atoms with van der Waals surface area (Å²) in [6.45, 7) is 4.22. The van der Waals surface area contributed by atoms with Crippen molar-refractivity contribution in [1.29, 1.82) is 5.26 Å². The first kappa shape index (κ1) is 24.6. The molecule has 12 nitrogen and oxygen atoms in total. The third-order valence-electron chi connectivity index (χ3n) is 6.09. The SMILES string of the molecule is CC(=O)O[C@@H]1[C@@H](OC(C)=O)c2c3c(n(C#N)c2[C@H](OC(C)=O)[C@@]1(C)O)C(=O)c1c(O)cccc1C3=O. The average Bonchev–Trinajstić information content (AvgIpc) is 3.12. The molecule has 0 amide bonds. The second-order valence-corrected chi connectivity index (χ2v) is 8.59. The van der Waals surface area contributed by atoms with Crippen LogP contribution in [-0.4, -0.2) is 56.0 Å². The van der Waals surface area contributed by atoms with E-state index in [-0.39, 0.29) is 27.9 Å². The summed E-state index contributed by atoms with van der Waals surface area (Å²) in [4.78, 5) is 63.2. The maximum Gasteiger partial charge on any atom is 0.303 e. The molecule has 1 aromatic carbocycles. The highest BCUT2D eigenvalue weighted by Crippen LogP contribution is 2.52. The van der Waals surface area contributed by atoms with Gasteiger partial charge in [0.1, 0.15) is 17.0 Å². The number of esters is 3. The monoisotopic (exact) mass is 496 g/mol. The number of ketones is 2. The number of carbonyl (C=O) groups is 5. The van der Waals surface area contributed by atoms with Gasteiger partial charge in [-0.05, 0) is 13.0 Å². The van der Waals surface area contributed by atoms with Crippen LogP contribution in [0.3, 0.4) is 0 Å². The highest BCUT2D eigenvalue weighted by Gasteiger charge is 2.60. The fraction of sp³-hybridized carbons (Fsp3) is 0.333. The summed E-state index contributed by atoms with van der Waals surface area (Å²) < 4.78 is 16.7. The normalized spacial score (nSPS) is 24.1. The number of nitrogens with zero attached hydrogens (tertiary/aromatic N) is 2. The summed E-state index contributed by atoms with van der Waals surface area (Å²) in [5, 5.41) is 31.8. The lowest BCUT2D eigenvalue weighted by atomic mass is 9.75. The number of hydrogen-bond acceptors (Lipinski definition) is 11. The van der Waals surface area contributed by atoms with E-state index in [1.807, 2.05) is 0 Å². The van der Waals surface area contributed by atoms with Crippen LogP contribution in [0.4, 0.5) is 0 Å². The molecule has 36 heavy (non-hydrogen) atoms. The Balaban J connectivity index is 2.15. The number of aromatic hydroxyl groups is 1. The van der Waals surface area contributed by atoms with E-state index in [1.54, 1.807) is 6.19 Å². The van der Waals surface area contributed by atoms with Crippen molar-refractivity contribution in [3.63, 3.8) is 0 Å². The number of phenolic OH excluding ortho intramolecular Hbond substituents is 1. The smallest absolute Gasteiger partial charge is 0.303 e. The number of rotatable bonds is 3. The zero-order chi connectivity index (χ0) is 26.7. The molecular weight excluding hydrogens is 476 g/mol. The minimum absolute atomic E-state index is 0.183. The third kappa shape index (κ3) is 3.44. The fourth-order valence-corrected chi connectivity index (χ4v) is 4.81. The van der Waals surface area contributed by atoms with E-state index in [0.29, 0.717) is 4.57 Å². The molecule has 0 aliphatic heterocycles. The van der Waals surface area contributed by atoms with E-state index in [2.05, 4.69) is 0 Å². The summed E-state index contributed by atoms with van der Waals surface area (Å²) in [6.07, 6.45) is -3.36. The van der Waals surface area contributed by atoms with Crippen LogP contribution >= 0.6 is 0 Å². The Morgan fingerprint density at radius 3 is 2.17 bits per heavy atom. The standard InChI is InChI=1S/C24H20N2O10/c1-9(27)34-21-16-15-17(20(32)14-12(19(15)31)6-5-7-13(14)30)26(8-25)18(16)22(35-10(2)28)24(4,33)23(21)36-11(3)29/h5-7,21-23,30,33H,1-4H3/t21-,22-,23+,24+/m0/s1. The number of ether oxygens (including phenoxy) is 3. The Kier molecular flexibility index (Phi) is 5.69. The molecule has 0 bridgehead atoms. The van der Waals surface area contributed by atoms with Crippen LogP contribution in [0.1, 0.15) is 83.1 Å². The molecule has 0 spiro atoms. The van der Waals surface area contributed by atoms with Crippen molar-refractivity contribution in [3.05, 3.63) is 51.8 Å². The molecule has 2 N–H and O–H groups in total. The second-order valence-electron chi connectivity index (χ2n) is 8.59. The van der Waals surface area contributed by atoms with Crippen molar-refractivity contribution in [2.24, 2.45) is 0 Å². The van der Waals surface area contributed by atoms with Gasteiger partial charge in [0.05, 0.1) is 16.8 Å². The fourth-order valence-electron chi connectivity index (χ4n) is 4.81. The van der Waals surface area contributed by atoms with Crippen molar-refractivity contribution in [1.82, 2.24) is 4.57 Å². The van der Waals surface area contributed by atoms with E-state index in [9.17, 15) is 39.4 Å². The molecule has 1 heterocycles. The molecule has 2 aliphatic rings. The first-order chi connectivity index (χ1) is 16.8. The number of fused-ring (bicyclic) bond motifs is 4. The number of benzene rings is 1. The number of nitriles is 1. The van der Waals surface area contributed by atoms with E-state index in [1.165, 1.54) is 18.2 Å². The topological polar surface area (TPSA) is 182 Å². The van der Waals surface area contributed by atoms with E-state index in [0.717, 1.165) is 27.7 Å². The number of phenols is 1. The van der Waals surface area contributed by atoms with Gasteiger partial charge in [-0.25, -0.2) is 4.57 Å². The van der Waals surface area contributed by atoms with Gasteiger partial charge in [0.25, 0.3) is 0 Å². The summed E-state index contributed by atoms with van der Waals surface area (Å²) in [5.41, 5.74) is -4.23. The van der Waals surface area contributed by atoms with Crippen LogP contribution in [0, 0.1) is 11.5 Å².